The quantitative estimate of drug-likeness (QED) is 0.499. The molecule has 0 aliphatic rings. The minimum Gasteiger partial charge on any atom is -0.497 e. The molecule has 1 heterocycles. The van der Waals surface area contributed by atoms with Gasteiger partial charge in [-0.25, -0.2) is 0 Å². The van der Waals surface area contributed by atoms with E-state index in [1.54, 1.807) is 18.9 Å². The Balaban J connectivity index is 1.43. The van der Waals surface area contributed by atoms with Gasteiger partial charge in [-0.3, -0.25) is 0 Å². The maximum atomic E-state index is 5.19. The SMILES string of the molecule is COc1ccc(Cc2nnc(SCc3cccc4ccccc34)[nH]2)cc1. The zero-order chi connectivity index (χ0) is 17.8. The number of thioether (sulfide) groups is 1. The van der Waals surface area contributed by atoms with E-state index < -0.39 is 0 Å². The van der Waals surface area contributed by atoms with Crippen LogP contribution in [0.4, 0.5) is 0 Å². The fourth-order valence-electron chi connectivity index (χ4n) is 2.92. The minimum atomic E-state index is 0.728. The number of ether oxygens (including phenoxy) is 1. The van der Waals surface area contributed by atoms with Crippen molar-refractivity contribution in [2.45, 2.75) is 17.3 Å². The summed E-state index contributed by atoms with van der Waals surface area (Å²) in [5, 5.41) is 12.0. The topological polar surface area (TPSA) is 50.8 Å². The van der Waals surface area contributed by atoms with E-state index in [0.29, 0.717) is 0 Å². The standard InChI is InChI=1S/C21H19N3OS/c1-25-18-11-9-15(10-12-18)13-20-22-21(24-23-20)26-14-17-7-4-6-16-5-2-3-8-19(16)17/h2-12H,13-14H2,1H3,(H,22,23,24). The smallest absolute Gasteiger partial charge is 0.188 e. The molecular formula is C21H19N3OS. The van der Waals surface area contributed by atoms with Gasteiger partial charge in [0.25, 0.3) is 0 Å². The summed E-state index contributed by atoms with van der Waals surface area (Å²) in [6, 6.07) is 22.9. The number of H-pyrrole nitrogens is 1. The summed E-state index contributed by atoms with van der Waals surface area (Å²) < 4.78 is 5.19. The van der Waals surface area contributed by atoms with Crippen LogP contribution in [0.15, 0.2) is 71.9 Å². The maximum absolute atomic E-state index is 5.19. The lowest BCUT2D eigenvalue weighted by atomic mass is 10.1. The fourth-order valence-corrected chi connectivity index (χ4v) is 3.76. The first-order valence-electron chi connectivity index (χ1n) is 8.46. The van der Waals surface area contributed by atoms with Gasteiger partial charge in [0.2, 0.25) is 0 Å². The van der Waals surface area contributed by atoms with Gasteiger partial charge in [0.1, 0.15) is 11.6 Å². The maximum Gasteiger partial charge on any atom is 0.188 e. The van der Waals surface area contributed by atoms with Gasteiger partial charge < -0.3 is 9.72 Å². The van der Waals surface area contributed by atoms with Crippen LogP contribution in [0.25, 0.3) is 10.8 Å². The first-order valence-corrected chi connectivity index (χ1v) is 9.44. The summed E-state index contributed by atoms with van der Waals surface area (Å²) in [6.45, 7) is 0. The van der Waals surface area contributed by atoms with Crippen molar-refractivity contribution in [2.75, 3.05) is 7.11 Å². The Hall–Kier alpha value is -2.79. The van der Waals surface area contributed by atoms with E-state index in [9.17, 15) is 0 Å². The Labute approximate surface area is 156 Å². The van der Waals surface area contributed by atoms with E-state index in [0.717, 1.165) is 28.9 Å². The Morgan fingerprint density at radius 1 is 0.923 bits per heavy atom. The molecule has 4 nitrogen and oxygen atoms in total. The van der Waals surface area contributed by atoms with Crippen LogP contribution >= 0.6 is 11.8 Å². The minimum absolute atomic E-state index is 0.728. The zero-order valence-corrected chi connectivity index (χ0v) is 15.3. The summed E-state index contributed by atoms with van der Waals surface area (Å²) in [5.74, 6) is 2.59. The van der Waals surface area contributed by atoms with Gasteiger partial charge in [-0.05, 0) is 34.0 Å². The van der Waals surface area contributed by atoms with Crippen LogP contribution < -0.4 is 4.74 Å². The largest absolute Gasteiger partial charge is 0.497 e. The molecule has 130 valence electrons. The van der Waals surface area contributed by atoms with Crippen LogP contribution in [-0.2, 0) is 12.2 Å². The van der Waals surface area contributed by atoms with Gasteiger partial charge in [-0.1, -0.05) is 66.4 Å². The molecule has 4 aromatic rings. The molecule has 0 aliphatic heterocycles. The molecular weight excluding hydrogens is 342 g/mol. The van der Waals surface area contributed by atoms with E-state index in [1.807, 2.05) is 24.3 Å². The number of methoxy groups -OCH3 is 1. The van der Waals surface area contributed by atoms with Crippen molar-refractivity contribution in [3.05, 3.63) is 83.7 Å². The van der Waals surface area contributed by atoms with Gasteiger partial charge in [-0.15, -0.1) is 10.2 Å². The highest BCUT2D eigenvalue weighted by molar-refractivity contribution is 7.98. The Kier molecular flexibility index (Phi) is 4.88. The summed E-state index contributed by atoms with van der Waals surface area (Å²) in [4.78, 5) is 3.32. The lowest BCUT2D eigenvalue weighted by Crippen LogP contribution is -1.91. The highest BCUT2D eigenvalue weighted by Gasteiger charge is 2.07. The molecule has 0 radical (unpaired) electrons. The average molecular weight is 361 g/mol. The third kappa shape index (κ3) is 3.73. The van der Waals surface area contributed by atoms with E-state index in [4.69, 9.17) is 4.74 Å². The van der Waals surface area contributed by atoms with Gasteiger partial charge in [-0.2, -0.15) is 0 Å². The third-order valence-electron chi connectivity index (χ3n) is 4.29. The first-order chi connectivity index (χ1) is 12.8. The lowest BCUT2D eigenvalue weighted by molar-refractivity contribution is 0.414. The third-order valence-corrected chi connectivity index (χ3v) is 5.20. The molecule has 0 bridgehead atoms. The average Bonchev–Trinajstić information content (AvgIpc) is 3.14. The molecule has 4 rings (SSSR count). The van der Waals surface area contributed by atoms with Crippen molar-refractivity contribution < 1.29 is 4.74 Å². The molecule has 0 saturated heterocycles. The second-order valence-corrected chi connectivity index (χ2v) is 6.99. The zero-order valence-electron chi connectivity index (χ0n) is 14.5. The predicted molar refractivity (Wildman–Crippen MR) is 106 cm³/mol. The van der Waals surface area contributed by atoms with E-state index in [-0.39, 0.29) is 0 Å². The van der Waals surface area contributed by atoms with Crippen LogP contribution in [0.1, 0.15) is 17.0 Å². The first kappa shape index (κ1) is 16.7. The fraction of sp³-hybridized carbons (Fsp3) is 0.143. The normalized spacial score (nSPS) is 11.0. The number of nitrogens with zero attached hydrogens (tertiary/aromatic N) is 2. The van der Waals surface area contributed by atoms with Crippen LogP contribution in [0.2, 0.25) is 0 Å². The second kappa shape index (κ2) is 7.62. The summed E-state index contributed by atoms with van der Waals surface area (Å²) in [7, 11) is 1.67. The van der Waals surface area contributed by atoms with E-state index in [1.165, 1.54) is 21.9 Å². The van der Waals surface area contributed by atoms with E-state index in [2.05, 4.69) is 57.6 Å². The van der Waals surface area contributed by atoms with Crippen molar-refractivity contribution in [3.63, 3.8) is 0 Å². The molecule has 1 N–H and O–H groups in total. The molecule has 0 aliphatic carbocycles. The van der Waals surface area contributed by atoms with Gasteiger partial charge in [0.15, 0.2) is 5.16 Å². The number of hydrogen-bond acceptors (Lipinski definition) is 4. The molecule has 26 heavy (non-hydrogen) atoms. The number of nitrogens with one attached hydrogen (secondary N) is 1. The molecule has 0 unspecified atom stereocenters. The summed E-state index contributed by atoms with van der Waals surface area (Å²) >= 11 is 1.68. The second-order valence-electron chi connectivity index (χ2n) is 6.03. The highest BCUT2D eigenvalue weighted by atomic mass is 32.2. The number of aromatic amines is 1. The van der Waals surface area contributed by atoms with Gasteiger partial charge in [0.05, 0.1) is 7.11 Å². The van der Waals surface area contributed by atoms with Crippen molar-refractivity contribution >= 4 is 22.5 Å². The van der Waals surface area contributed by atoms with Crippen molar-refractivity contribution in [1.82, 2.24) is 15.2 Å². The van der Waals surface area contributed by atoms with Gasteiger partial charge in [0, 0.05) is 12.2 Å². The molecule has 0 spiro atoms. The monoisotopic (exact) mass is 361 g/mol. The highest BCUT2D eigenvalue weighted by Crippen LogP contribution is 2.25. The number of benzene rings is 3. The van der Waals surface area contributed by atoms with Crippen molar-refractivity contribution in [3.8, 4) is 5.75 Å². The predicted octanol–water partition coefficient (Wildman–Crippen LogP) is 4.85. The number of aromatic nitrogens is 3. The van der Waals surface area contributed by atoms with Crippen LogP contribution in [0, 0.1) is 0 Å². The molecule has 0 saturated carbocycles. The Morgan fingerprint density at radius 3 is 2.58 bits per heavy atom. The van der Waals surface area contributed by atoms with Crippen molar-refractivity contribution in [1.29, 1.82) is 0 Å². The molecule has 0 amide bonds. The molecule has 1 aromatic heterocycles. The number of hydrogen-bond donors (Lipinski definition) is 1. The Bertz CT molecular complexity index is 1010. The van der Waals surface area contributed by atoms with Crippen LogP contribution in [0.5, 0.6) is 5.75 Å². The number of rotatable bonds is 6. The summed E-state index contributed by atoms with van der Waals surface area (Å²) in [6.07, 6.45) is 0.728. The summed E-state index contributed by atoms with van der Waals surface area (Å²) in [5.41, 5.74) is 2.48. The molecule has 0 fully saturated rings. The van der Waals surface area contributed by atoms with Gasteiger partial charge >= 0.3 is 0 Å². The molecule has 3 aromatic carbocycles. The van der Waals surface area contributed by atoms with E-state index >= 15 is 0 Å². The molecule has 0 atom stereocenters. The lowest BCUT2D eigenvalue weighted by Gasteiger charge is -2.04. The number of fused-ring (bicyclic) bond motifs is 1. The molecule has 5 heteroatoms. The van der Waals surface area contributed by atoms with Crippen LogP contribution in [-0.4, -0.2) is 22.3 Å². The Morgan fingerprint density at radius 2 is 1.73 bits per heavy atom. The van der Waals surface area contributed by atoms with Crippen molar-refractivity contribution in [2.24, 2.45) is 0 Å². The van der Waals surface area contributed by atoms with Crippen LogP contribution in [0.3, 0.4) is 0 Å².